The highest BCUT2D eigenvalue weighted by Crippen LogP contribution is 2.02. The predicted molar refractivity (Wildman–Crippen MR) is 62.2 cm³/mol. The van der Waals surface area contributed by atoms with Crippen LogP contribution in [0.4, 0.5) is 0 Å². The van der Waals surface area contributed by atoms with Gasteiger partial charge in [0.05, 0.1) is 6.20 Å². The normalized spacial score (nSPS) is 12.3. The smallest absolute Gasteiger partial charge is 0.139 e. The summed E-state index contributed by atoms with van der Waals surface area (Å²) in [7, 11) is 3.95. The van der Waals surface area contributed by atoms with Crippen LogP contribution >= 0.6 is 0 Å². The third kappa shape index (κ3) is 4.31. The van der Waals surface area contributed by atoms with Crippen LogP contribution in [0.3, 0.4) is 0 Å². The Morgan fingerprint density at radius 1 is 1.69 bits per heavy atom. The second kappa shape index (κ2) is 6.12. The number of oxime groups is 1. The van der Waals surface area contributed by atoms with Gasteiger partial charge in [-0.25, -0.2) is 0 Å². The van der Waals surface area contributed by atoms with E-state index in [4.69, 9.17) is 10.9 Å². The molecule has 6 heteroatoms. The Kier molecular flexibility index (Phi) is 4.78. The molecule has 1 aromatic heterocycles. The Hall–Kier alpha value is -1.56. The lowest BCUT2D eigenvalue weighted by Gasteiger charge is -2.14. The molecule has 0 unspecified atom stereocenters. The first-order chi connectivity index (χ1) is 7.61. The number of aromatic nitrogens is 2. The second-order valence-electron chi connectivity index (χ2n) is 3.95. The van der Waals surface area contributed by atoms with E-state index in [9.17, 15) is 0 Å². The van der Waals surface area contributed by atoms with Crippen LogP contribution in [0.2, 0.25) is 0 Å². The fraction of sp³-hybridized carbons (Fsp3) is 0.600. The summed E-state index contributed by atoms with van der Waals surface area (Å²) >= 11 is 0. The van der Waals surface area contributed by atoms with Crippen LogP contribution in [0, 0.1) is 0 Å². The quantitative estimate of drug-likeness (QED) is 0.317. The van der Waals surface area contributed by atoms with Gasteiger partial charge in [-0.1, -0.05) is 5.16 Å². The Balaban J connectivity index is 2.23. The average Bonchev–Trinajstić information content (AvgIpc) is 2.63. The molecule has 1 heterocycles. The highest BCUT2D eigenvalue weighted by molar-refractivity contribution is 5.79. The van der Waals surface area contributed by atoms with Gasteiger partial charge in [0.15, 0.2) is 0 Å². The Bertz CT molecular complexity index is 347. The largest absolute Gasteiger partial charge is 0.409 e. The van der Waals surface area contributed by atoms with Gasteiger partial charge >= 0.3 is 0 Å². The van der Waals surface area contributed by atoms with Gasteiger partial charge < -0.3 is 15.8 Å². The molecule has 90 valence electrons. The number of amidine groups is 1. The highest BCUT2D eigenvalue weighted by Gasteiger charge is 2.02. The molecule has 0 atom stereocenters. The van der Waals surface area contributed by atoms with E-state index in [0.29, 0.717) is 6.42 Å². The van der Waals surface area contributed by atoms with Crippen molar-refractivity contribution in [3.8, 4) is 0 Å². The van der Waals surface area contributed by atoms with Crippen LogP contribution in [0.1, 0.15) is 18.4 Å². The molecule has 0 aliphatic rings. The second-order valence-corrected chi connectivity index (χ2v) is 3.95. The number of aryl methyl sites for hydroxylation is 1. The molecule has 0 spiro atoms. The summed E-state index contributed by atoms with van der Waals surface area (Å²) in [6.07, 6.45) is 5.36. The standard InChI is InChI=1S/C10H19N5O/c1-14(5-3-4-10(11)13-16)7-9-6-12-15(2)8-9/h6,8,16H,3-5,7H2,1-2H3,(H2,11,13). The van der Waals surface area contributed by atoms with Crippen molar-refractivity contribution in [1.29, 1.82) is 0 Å². The first-order valence-electron chi connectivity index (χ1n) is 5.24. The number of rotatable bonds is 6. The third-order valence-electron chi connectivity index (χ3n) is 2.31. The van der Waals surface area contributed by atoms with Gasteiger partial charge in [0, 0.05) is 31.8 Å². The van der Waals surface area contributed by atoms with Crippen molar-refractivity contribution in [3.05, 3.63) is 18.0 Å². The molecule has 0 aliphatic heterocycles. The molecular weight excluding hydrogens is 206 g/mol. The van der Waals surface area contributed by atoms with Gasteiger partial charge in [0.1, 0.15) is 5.84 Å². The van der Waals surface area contributed by atoms with E-state index in [1.165, 1.54) is 5.56 Å². The van der Waals surface area contributed by atoms with E-state index in [1.807, 2.05) is 26.5 Å². The van der Waals surface area contributed by atoms with E-state index in [1.54, 1.807) is 4.68 Å². The van der Waals surface area contributed by atoms with Crippen molar-refractivity contribution >= 4 is 5.84 Å². The van der Waals surface area contributed by atoms with Crippen molar-refractivity contribution in [3.63, 3.8) is 0 Å². The Morgan fingerprint density at radius 2 is 2.44 bits per heavy atom. The molecule has 0 fully saturated rings. The summed E-state index contributed by atoms with van der Waals surface area (Å²) in [4.78, 5) is 2.18. The Morgan fingerprint density at radius 3 is 3.00 bits per heavy atom. The molecule has 0 aromatic carbocycles. The topological polar surface area (TPSA) is 79.7 Å². The van der Waals surface area contributed by atoms with Crippen LogP contribution < -0.4 is 5.73 Å². The molecule has 0 amide bonds. The van der Waals surface area contributed by atoms with E-state index in [2.05, 4.69) is 15.2 Å². The fourth-order valence-corrected chi connectivity index (χ4v) is 1.52. The van der Waals surface area contributed by atoms with Crippen LogP contribution in [-0.2, 0) is 13.6 Å². The number of nitrogens with zero attached hydrogens (tertiary/aromatic N) is 4. The molecule has 0 radical (unpaired) electrons. The van der Waals surface area contributed by atoms with Crippen molar-refractivity contribution in [1.82, 2.24) is 14.7 Å². The zero-order valence-electron chi connectivity index (χ0n) is 9.80. The van der Waals surface area contributed by atoms with Crippen LogP contribution in [0.5, 0.6) is 0 Å². The van der Waals surface area contributed by atoms with Crippen molar-refractivity contribution in [2.45, 2.75) is 19.4 Å². The average molecular weight is 225 g/mol. The van der Waals surface area contributed by atoms with Crippen molar-refractivity contribution in [2.75, 3.05) is 13.6 Å². The summed E-state index contributed by atoms with van der Waals surface area (Å²) in [5.41, 5.74) is 6.57. The SMILES string of the molecule is CN(CCC/C(N)=N/O)Cc1cnn(C)c1. The maximum atomic E-state index is 8.38. The molecule has 3 N–H and O–H groups in total. The van der Waals surface area contributed by atoms with E-state index >= 15 is 0 Å². The molecular formula is C10H19N5O. The maximum absolute atomic E-state index is 8.38. The number of nitrogens with two attached hydrogens (primary N) is 1. The minimum absolute atomic E-state index is 0.287. The number of hydrogen-bond donors (Lipinski definition) is 2. The maximum Gasteiger partial charge on any atom is 0.139 e. The lowest BCUT2D eigenvalue weighted by atomic mass is 10.2. The zero-order chi connectivity index (χ0) is 12.0. The summed E-state index contributed by atoms with van der Waals surface area (Å²) in [5.74, 6) is 0.287. The lowest BCUT2D eigenvalue weighted by molar-refractivity contribution is 0.311. The fourth-order valence-electron chi connectivity index (χ4n) is 1.52. The molecule has 0 aliphatic carbocycles. The molecule has 1 rings (SSSR count). The highest BCUT2D eigenvalue weighted by atomic mass is 16.4. The van der Waals surface area contributed by atoms with Crippen LogP contribution in [0.25, 0.3) is 0 Å². The molecule has 1 aromatic rings. The Labute approximate surface area is 95.3 Å². The molecule has 6 nitrogen and oxygen atoms in total. The summed E-state index contributed by atoms with van der Waals surface area (Å²) in [6, 6.07) is 0. The van der Waals surface area contributed by atoms with Crippen molar-refractivity contribution < 1.29 is 5.21 Å². The zero-order valence-corrected chi connectivity index (χ0v) is 9.80. The predicted octanol–water partition coefficient (Wildman–Crippen LogP) is 0.379. The minimum atomic E-state index is 0.287. The monoisotopic (exact) mass is 225 g/mol. The lowest BCUT2D eigenvalue weighted by Crippen LogP contribution is -2.21. The summed E-state index contributed by atoms with van der Waals surface area (Å²) < 4.78 is 1.79. The first kappa shape index (κ1) is 12.5. The van der Waals surface area contributed by atoms with E-state index in [0.717, 1.165) is 19.5 Å². The summed E-state index contributed by atoms with van der Waals surface area (Å²) in [5, 5.41) is 15.4. The molecule has 16 heavy (non-hydrogen) atoms. The minimum Gasteiger partial charge on any atom is -0.409 e. The molecule has 0 bridgehead atoms. The van der Waals surface area contributed by atoms with Crippen LogP contribution in [-0.4, -0.2) is 39.3 Å². The van der Waals surface area contributed by atoms with E-state index in [-0.39, 0.29) is 5.84 Å². The van der Waals surface area contributed by atoms with Crippen LogP contribution in [0.15, 0.2) is 17.5 Å². The molecule has 0 saturated carbocycles. The van der Waals surface area contributed by atoms with Gasteiger partial charge in [-0.3, -0.25) is 4.68 Å². The van der Waals surface area contributed by atoms with Gasteiger partial charge in [-0.05, 0) is 20.0 Å². The van der Waals surface area contributed by atoms with Gasteiger partial charge in [-0.2, -0.15) is 5.10 Å². The van der Waals surface area contributed by atoms with Crippen molar-refractivity contribution in [2.24, 2.45) is 17.9 Å². The first-order valence-corrected chi connectivity index (χ1v) is 5.24. The van der Waals surface area contributed by atoms with E-state index < -0.39 is 0 Å². The van der Waals surface area contributed by atoms with Gasteiger partial charge in [0.2, 0.25) is 0 Å². The molecule has 0 saturated heterocycles. The number of hydrogen-bond acceptors (Lipinski definition) is 4. The van der Waals surface area contributed by atoms with Gasteiger partial charge in [0.25, 0.3) is 0 Å². The van der Waals surface area contributed by atoms with Gasteiger partial charge in [-0.15, -0.1) is 0 Å². The summed E-state index contributed by atoms with van der Waals surface area (Å²) in [6.45, 7) is 1.77. The third-order valence-corrected chi connectivity index (χ3v) is 2.31.